The van der Waals surface area contributed by atoms with Crippen LogP contribution in [0.25, 0.3) is 20.8 Å². The zero-order valence-electron chi connectivity index (χ0n) is 15.1. The highest BCUT2D eigenvalue weighted by atomic mass is 32.1. The number of carbonyl (C=O) groups excluding carboxylic acids is 2. The average Bonchev–Trinajstić information content (AvgIpc) is 3.40. The highest BCUT2D eigenvalue weighted by Crippen LogP contribution is 2.31. The molecule has 0 bridgehead atoms. The summed E-state index contributed by atoms with van der Waals surface area (Å²) in [6.45, 7) is 2.70. The van der Waals surface area contributed by atoms with Gasteiger partial charge in [0.05, 0.1) is 10.2 Å². The summed E-state index contributed by atoms with van der Waals surface area (Å²) in [6, 6.07) is 13.5. The van der Waals surface area contributed by atoms with E-state index in [9.17, 15) is 9.59 Å². The zero-order chi connectivity index (χ0) is 18.8. The Morgan fingerprint density at radius 3 is 2.52 bits per heavy atom. The van der Waals surface area contributed by atoms with Crippen LogP contribution in [0.4, 0.5) is 0 Å². The van der Waals surface area contributed by atoms with Crippen LogP contribution in [0.1, 0.15) is 46.9 Å². The molecule has 0 atom stereocenters. The predicted molar refractivity (Wildman–Crippen MR) is 108 cm³/mol. The maximum absolute atomic E-state index is 12.1. The topological polar surface area (TPSA) is 71.1 Å². The molecular formula is C21H21N3O2S. The first-order chi connectivity index (χ1) is 13.1. The number of amides is 2. The molecule has 1 aromatic heterocycles. The molecule has 2 amide bonds. The lowest BCUT2D eigenvalue weighted by Gasteiger charge is -2.03. The second-order valence-corrected chi connectivity index (χ2v) is 7.81. The number of carbonyl (C=O) groups is 2. The van der Waals surface area contributed by atoms with E-state index < -0.39 is 0 Å². The number of nitrogens with zero attached hydrogens (tertiary/aromatic N) is 1. The van der Waals surface area contributed by atoms with Gasteiger partial charge in [0.1, 0.15) is 5.01 Å². The zero-order valence-corrected chi connectivity index (χ0v) is 15.9. The molecule has 1 saturated carbocycles. The number of fused-ring (bicyclic) bond motifs is 1. The Morgan fingerprint density at radius 2 is 1.81 bits per heavy atom. The van der Waals surface area contributed by atoms with E-state index in [4.69, 9.17) is 0 Å². The third kappa shape index (κ3) is 4.01. The maximum atomic E-state index is 12.1. The molecule has 3 aromatic rings. The first kappa shape index (κ1) is 17.7. The van der Waals surface area contributed by atoms with Crippen molar-refractivity contribution in [2.45, 2.75) is 32.2 Å². The molecule has 5 nitrogen and oxygen atoms in total. The Labute approximate surface area is 161 Å². The van der Waals surface area contributed by atoms with Gasteiger partial charge in [-0.15, -0.1) is 11.3 Å². The minimum Gasteiger partial charge on any atom is -0.352 e. The number of hydrogen-bond donors (Lipinski definition) is 2. The van der Waals surface area contributed by atoms with E-state index >= 15 is 0 Å². The van der Waals surface area contributed by atoms with Crippen molar-refractivity contribution in [1.29, 1.82) is 0 Å². The van der Waals surface area contributed by atoms with Gasteiger partial charge < -0.3 is 10.6 Å². The van der Waals surface area contributed by atoms with Crippen LogP contribution < -0.4 is 10.6 Å². The van der Waals surface area contributed by atoms with E-state index in [1.54, 1.807) is 11.3 Å². The third-order valence-electron chi connectivity index (χ3n) is 4.49. The summed E-state index contributed by atoms with van der Waals surface area (Å²) in [5, 5.41) is 6.77. The lowest BCUT2D eigenvalue weighted by Crippen LogP contribution is -2.25. The van der Waals surface area contributed by atoms with E-state index in [1.165, 1.54) is 0 Å². The fourth-order valence-corrected chi connectivity index (χ4v) is 3.80. The molecule has 1 fully saturated rings. The quantitative estimate of drug-likeness (QED) is 0.680. The van der Waals surface area contributed by atoms with Gasteiger partial charge in [0.25, 0.3) is 11.8 Å². The van der Waals surface area contributed by atoms with Crippen LogP contribution in [0.3, 0.4) is 0 Å². The van der Waals surface area contributed by atoms with Gasteiger partial charge in [0.2, 0.25) is 0 Å². The third-order valence-corrected chi connectivity index (χ3v) is 5.56. The molecule has 0 spiro atoms. The summed E-state index contributed by atoms with van der Waals surface area (Å²) in [5.74, 6) is -0.0733. The van der Waals surface area contributed by atoms with Crippen molar-refractivity contribution in [2.75, 3.05) is 6.54 Å². The predicted octanol–water partition coefficient (Wildman–Crippen LogP) is 4.00. The summed E-state index contributed by atoms with van der Waals surface area (Å²) in [7, 11) is 0. The second-order valence-electron chi connectivity index (χ2n) is 6.78. The van der Waals surface area contributed by atoms with Crippen molar-refractivity contribution in [3.05, 3.63) is 53.6 Å². The molecule has 1 aliphatic carbocycles. The fraction of sp³-hybridized carbons (Fsp3) is 0.286. The molecule has 2 aromatic carbocycles. The molecule has 0 unspecified atom stereocenters. The molecule has 0 aliphatic heterocycles. The standard InChI is InChI=1S/C21H21N3O2S/c1-2-11-22-19(25)15-7-10-17-18(12-15)27-21(24-17)14-5-3-13(4-6-14)20(26)23-16-8-9-16/h3-7,10,12,16H,2,8-9,11H2,1H3,(H,22,25)(H,23,26). The van der Waals surface area contributed by atoms with E-state index in [2.05, 4.69) is 15.6 Å². The Morgan fingerprint density at radius 1 is 1.07 bits per heavy atom. The van der Waals surface area contributed by atoms with Crippen molar-refractivity contribution in [2.24, 2.45) is 0 Å². The van der Waals surface area contributed by atoms with Crippen molar-refractivity contribution in [3.63, 3.8) is 0 Å². The molecule has 138 valence electrons. The Hall–Kier alpha value is -2.73. The number of nitrogens with one attached hydrogen (secondary N) is 2. The average molecular weight is 379 g/mol. The molecule has 2 N–H and O–H groups in total. The Kier molecular flexibility index (Phi) is 4.90. The smallest absolute Gasteiger partial charge is 0.251 e. The minimum absolute atomic E-state index is 0.0175. The monoisotopic (exact) mass is 379 g/mol. The number of rotatable bonds is 6. The van der Waals surface area contributed by atoms with Crippen molar-refractivity contribution < 1.29 is 9.59 Å². The number of thiazole rings is 1. The van der Waals surface area contributed by atoms with Crippen LogP contribution in [0, 0.1) is 0 Å². The van der Waals surface area contributed by atoms with E-state index in [-0.39, 0.29) is 11.8 Å². The molecular weight excluding hydrogens is 358 g/mol. The largest absolute Gasteiger partial charge is 0.352 e. The van der Waals surface area contributed by atoms with Gasteiger partial charge in [-0.2, -0.15) is 0 Å². The van der Waals surface area contributed by atoms with Crippen LogP contribution in [0.5, 0.6) is 0 Å². The maximum Gasteiger partial charge on any atom is 0.251 e. The van der Waals surface area contributed by atoms with Crippen LogP contribution in [0.15, 0.2) is 42.5 Å². The van der Waals surface area contributed by atoms with Crippen LogP contribution in [-0.2, 0) is 0 Å². The molecule has 0 saturated heterocycles. The van der Waals surface area contributed by atoms with E-state index in [1.807, 2.05) is 49.4 Å². The van der Waals surface area contributed by atoms with Gasteiger partial charge in [-0.1, -0.05) is 19.1 Å². The van der Waals surface area contributed by atoms with Crippen molar-refractivity contribution >= 4 is 33.4 Å². The number of benzene rings is 2. The van der Waals surface area contributed by atoms with E-state index in [0.29, 0.717) is 23.7 Å². The lowest BCUT2D eigenvalue weighted by atomic mass is 10.1. The minimum atomic E-state index is -0.0558. The van der Waals surface area contributed by atoms with Gasteiger partial charge >= 0.3 is 0 Å². The highest BCUT2D eigenvalue weighted by Gasteiger charge is 2.23. The molecule has 6 heteroatoms. The highest BCUT2D eigenvalue weighted by molar-refractivity contribution is 7.21. The van der Waals surface area contributed by atoms with Crippen LogP contribution in [-0.4, -0.2) is 29.4 Å². The number of aromatic nitrogens is 1. The summed E-state index contributed by atoms with van der Waals surface area (Å²) in [4.78, 5) is 28.9. The van der Waals surface area contributed by atoms with Gasteiger partial charge in [-0.25, -0.2) is 4.98 Å². The summed E-state index contributed by atoms with van der Waals surface area (Å²) < 4.78 is 0.977. The summed E-state index contributed by atoms with van der Waals surface area (Å²) >= 11 is 1.55. The fourth-order valence-electron chi connectivity index (χ4n) is 2.79. The van der Waals surface area contributed by atoms with Crippen LogP contribution >= 0.6 is 11.3 Å². The first-order valence-corrected chi connectivity index (χ1v) is 10.1. The van der Waals surface area contributed by atoms with Gasteiger partial charge in [0.15, 0.2) is 0 Å². The van der Waals surface area contributed by atoms with Gasteiger partial charge in [-0.05, 0) is 49.6 Å². The molecule has 1 aliphatic rings. The molecule has 0 radical (unpaired) electrons. The first-order valence-electron chi connectivity index (χ1n) is 9.24. The second kappa shape index (κ2) is 7.48. The van der Waals surface area contributed by atoms with Crippen LogP contribution in [0.2, 0.25) is 0 Å². The number of hydrogen-bond acceptors (Lipinski definition) is 4. The normalized spacial score (nSPS) is 13.5. The van der Waals surface area contributed by atoms with Crippen molar-refractivity contribution in [1.82, 2.24) is 15.6 Å². The van der Waals surface area contributed by atoms with Gasteiger partial charge in [0, 0.05) is 29.3 Å². The van der Waals surface area contributed by atoms with Crippen molar-refractivity contribution in [3.8, 4) is 10.6 Å². The summed E-state index contributed by atoms with van der Waals surface area (Å²) in [5.41, 5.74) is 3.16. The van der Waals surface area contributed by atoms with Gasteiger partial charge in [-0.3, -0.25) is 9.59 Å². The Bertz CT molecular complexity index is 990. The molecule has 4 rings (SSSR count). The summed E-state index contributed by atoms with van der Waals surface area (Å²) in [6.07, 6.45) is 3.06. The molecule has 1 heterocycles. The SMILES string of the molecule is CCCNC(=O)c1ccc2nc(-c3ccc(C(=O)NC4CC4)cc3)sc2c1. The van der Waals surface area contributed by atoms with E-state index in [0.717, 1.165) is 40.1 Å². The molecule has 27 heavy (non-hydrogen) atoms. The lowest BCUT2D eigenvalue weighted by molar-refractivity contribution is 0.0944. The Balaban J connectivity index is 1.54.